The number of aliphatic hydroxyl groups excluding tert-OH is 2. The Hall–Kier alpha value is -2.14. The monoisotopic (exact) mass is 219 g/mol. The van der Waals surface area contributed by atoms with Gasteiger partial charge >= 0.3 is 0 Å². The maximum atomic E-state index is 9.53. The number of allylic oxidation sites excluding steroid dienone is 1. The van der Waals surface area contributed by atoms with Crippen molar-refractivity contribution >= 4 is 17.1 Å². The van der Waals surface area contributed by atoms with Crippen LogP contribution in [0.1, 0.15) is 5.56 Å². The number of para-hydroxylation sites is 1. The Kier molecular flexibility index (Phi) is 3.79. The van der Waals surface area contributed by atoms with E-state index in [1.807, 2.05) is 0 Å². The summed E-state index contributed by atoms with van der Waals surface area (Å²) in [6.07, 6.45) is 1.02. The first-order chi connectivity index (χ1) is 7.56. The summed E-state index contributed by atoms with van der Waals surface area (Å²) < 4.78 is 0. The van der Waals surface area contributed by atoms with Crippen LogP contribution in [0.2, 0.25) is 0 Å². The summed E-state index contributed by atoms with van der Waals surface area (Å²) in [6.45, 7) is -0.485. The summed E-state index contributed by atoms with van der Waals surface area (Å²) in [4.78, 5) is 0. The lowest BCUT2D eigenvalue weighted by Gasteiger charge is -2.06. The molecule has 0 radical (unpaired) electrons. The highest BCUT2D eigenvalue weighted by atomic mass is 16.3. The van der Waals surface area contributed by atoms with Gasteiger partial charge in [0.1, 0.15) is 11.5 Å². The van der Waals surface area contributed by atoms with Crippen LogP contribution in [-0.4, -0.2) is 28.2 Å². The third kappa shape index (κ3) is 2.68. The van der Waals surface area contributed by atoms with Gasteiger partial charge in [0.25, 0.3) is 0 Å². The smallest absolute Gasteiger partial charge is 0.143 e. The molecule has 0 aromatic heterocycles. The third-order valence-electron chi connectivity index (χ3n) is 1.97. The summed E-state index contributed by atoms with van der Waals surface area (Å²) in [7, 11) is 0. The van der Waals surface area contributed by atoms with Crippen LogP contribution in [0.3, 0.4) is 0 Å². The molecule has 5 heteroatoms. The van der Waals surface area contributed by atoms with Gasteiger partial charge in [-0.05, 0) is 6.07 Å². The number of nitrogen functional groups attached to an aromatic ring is 1. The van der Waals surface area contributed by atoms with Crippen molar-refractivity contribution in [1.82, 2.24) is 0 Å². The number of aliphatic hydroxyl groups is 2. The molecule has 84 valence electrons. The number of nitrogens with one attached hydrogen (secondary N) is 2. The Labute approximate surface area is 92.9 Å². The molecule has 0 spiro atoms. The molecule has 0 bridgehead atoms. The van der Waals surface area contributed by atoms with Crippen molar-refractivity contribution < 1.29 is 10.2 Å². The average molecular weight is 219 g/mol. The van der Waals surface area contributed by atoms with E-state index in [-0.39, 0.29) is 11.4 Å². The summed E-state index contributed by atoms with van der Waals surface area (Å²) in [5.74, 6) is -0.392. The zero-order valence-electron chi connectivity index (χ0n) is 8.57. The summed E-state index contributed by atoms with van der Waals surface area (Å²) in [5, 5.41) is 33.0. The molecular weight excluding hydrogens is 206 g/mol. The molecule has 0 aliphatic rings. The van der Waals surface area contributed by atoms with Gasteiger partial charge in [0.2, 0.25) is 0 Å². The molecule has 0 atom stereocenters. The molecule has 0 aliphatic carbocycles. The van der Waals surface area contributed by atoms with E-state index in [0.717, 1.165) is 6.08 Å². The van der Waals surface area contributed by atoms with Crippen LogP contribution in [-0.2, 0) is 0 Å². The predicted molar refractivity (Wildman–Crippen MR) is 63.2 cm³/mol. The second kappa shape index (κ2) is 5.09. The van der Waals surface area contributed by atoms with Gasteiger partial charge in [-0.25, -0.2) is 0 Å². The van der Waals surface area contributed by atoms with E-state index >= 15 is 0 Å². The van der Waals surface area contributed by atoms with Gasteiger partial charge in [-0.2, -0.15) is 0 Å². The number of nitrogens with two attached hydrogens (primary N) is 1. The van der Waals surface area contributed by atoms with E-state index < -0.39 is 12.4 Å². The molecule has 1 aromatic rings. The topological polar surface area (TPSA) is 114 Å². The van der Waals surface area contributed by atoms with E-state index in [0.29, 0.717) is 11.3 Å². The van der Waals surface area contributed by atoms with Crippen molar-refractivity contribution in [1.29, 1.82) is 10.8 Å². The normalized spacial score (nSPS) is 11.2. The van der Waals surface area contributed by atoms with Crippen LogP contribution < -0.4 is 5.73 Å². The van der Waals surface area contributed by atoms with Crippen LogP contribution in [0.5, 0.6) is 0 Å². The number of anilines is 1. The molecule has 1 aromatic carbocycles. The van der Waals surface area contributed by atoms with Gasteiger partial charge in [-0.1, -0.05) is 18.2 Å². The SMILES string of the molecule is N=C(/C=C(\O)C(=N)c1ccccc1N)CO. The minimum atomic E-state index is -0.485. The molecule has 16 heavy (non-hydrogen) atoms. The van der Waals surface area contributed by atoms with E-state index in [1.54, 1.807) is 24.3 Å². The fraction of sp³-hybridized carbons (Fsp3) is 0.0909. The molecule has 0 unspecified atom stereocenters. The molecule has 0 aliphatic heterocycles. The van der Waals surface area contributed by atoms with E-state index in [4.69, 9.17) is 21.7 Å². The number of rotatable bonds is 4. The Morgan fingerprint density at radius 1 is 1.31 bits per heavy atom. The average Bonchev–Trinajstić information content (AvgIpc) is 2.28. The van der Waals surface area contributed by atoms with E-state index in [9.17, 15) is 5.11 Å². The van der Waals surface area contributed by atoms with E-state index in [1.165, 1.54) is 0 Å². The van der Waals surface area contributed by atoms with Crippen LogP contribution in [0.25, 0.3) is 0 Å². The minimum Gasteiger partial charge on any atom is -0.506 e. The molecule has 6 N–H and O–H groups in total. The molecule has 0 heterocycles. The molecule has 0 amide bonds. The lowest BCUT2D eigenvalue weighted by molar-refractivity contribution is 0.357. The lowest BCUT2D eigenvalue weighted by atomic mass is 10.1. The molecule has 5 nitrogen and oxygen atoms in total. The zero-order valence-corrected chi connectivity index (χ0v) is 8.57. The number of hydrogen-bond acceptors (Lipinski definition) is 5. The zero-order chi connectivity index (χ0) is 12.1. The van der Waals surface area contributed by atoms with Crippen molar-refractivity contribution in [3.8, 4) is 0 Å². The maximum absolute atomic E-state index is 9.53. The predicted octanol–water partition coefficient (Wildman–Crippen LogP) is 1.09. The van der Waals surface area contributed by atoms with Crippen LogP contribution in [0.4, 0.5) is 5.69 Å². The van der Waals surface area contributed by atoms with Gasteiger partial charge in [0.15, 0.2) is 0 Å². The molecule has 1 rings (SSSR count). The first-order valence-electron chi connectivity index (χ1n) is 4.59. The van der Waals surface area contributed by atoms with Crippen LogP contribution >= 0.6 is 0 Å². The highest BCUT2D eigenvalue weighted by molar-refractivity contribution is 6.14. The molecular formula is C11H13N3O2. The van der Waals surface area contributed by atoms with Crippen LogP contribution in [0.15, 0.2) is 36.1 Å². The van der Waals surface area contributed by atoms with Crippen LogP contribution in [0, 0.1) is 10.8 Å². The van der Waals surface area contributed by atoms with Gasteiger partial charge in [0.05, 0.1) is 12.3 Å². The lowest BCUT2D eigenvalue weighted by Crippen LogP contribution is -2.09. The molecule has 0 fully saturated rings. The quantitative estimate of drug-likeness (QED) is 0.296. The van der Waals surface area contributed by atoms with Gasteiger partial charge in [0, 0.05) is 17.3 Å². The molecule has 0 saturated carbocycles. The van der Waals surface area contributed by atoms with Gasteiger partial charge in [-0.15, -0.1) is 0 Å². The fourth-order valence-electron chi connectivity index (χ4n) is 1.15. The largest absolute Gasteiger partial charge is 0.506 e. The van der Waals surface area contributed by atoms with Crippen molar-refractivity contribution in [2.24, 2.45) is 0 Å². The summed E-state index contributed by atoms with van der Waals surface area (Å²) in [6, 6.07) is 6.65. The Bertz CT molecular complexity index is 452. The Balaban J connectivity index is 3.00. The van der Waals surface area contributed by atoms with Gasteiger partial charge < -0.3 is 21.4 Å². The van der Waals surface area contributed by atoms with Crippen molar-refractivity contribution in [2.45, 2.75) is 0 Å². The minimum absolute atomic E-state index is 0.170. The summed E-state index contributed by atoms with van der Waals surface area (Å²) in [5.41, 5.74) is 6.07. The van der Waals surface area contributed by atoms with Gasteiger partial charge in [-0.3, -0.25) is 5.41 Å². The Morgan fingerprint density at radius 2 is 1.94 bits per heavy atom. The fourth-order valence-corrected chi connectivity index (χ4v) is 1.15. The first kappa shape index (κ1) is 11.9. The first-order valence-corrected chi connectivity index (χ1v) is 4.59. The van der Waals surface area contributed by atoms with Crippen molar-refractivity contribution in [3.05, 3.63) is 41.7 Å². The van der Waals surface area contributed by atoms with E-state index in [2.05, 4.69) is 0 Å². The highest BCUT2D eigenvalue weighted by Crippen LogP contribution is 2.14. The standard InChI is InChI=1S/C11H13N3O2/c12-7(6-15)5-10(16)11(14)8-3-1-2-4-9(8)13/h1-5,12,14-16H,6,13H2/b10-5-,12-7?,14-11?. The van der Waals surface area contributed by atoms with Crippen molar-refractivity contribution in [2.75, 3.05) is 12.3 Å². The number of benzene rings is 1. The third-order valence-corrected chi connectivity index (χ3v) is 1.97. The van der Waals surface area contributed by atoms with Crippen molar-refractivity contribution in [3.63, 3.8) is 0 Å². The highest BCUT2D eigenvalue weighted by Gasteiger charge is 2.09. The maximum Gasteiger partial charge on any atom is 0.143 e. The number of hydrogen-bond donors (Lipinski definition) is 5. The Morgan fingerprint density at radius 3 is 2.50 bits per heavy atom. The second-order valence-corrected chi connectivity index (χ2v) is 3.18. The molecule has 0 saturated heterocycles. The second-order valence-electron chi connectivity index (χ2n) is 3.18. The summed E-state index contributed by atoms with van der Waals surface area (Å²) >= 11 is 0.